The van der Waals surface area contributed by atoms with Gasteiger partial charge in [-0.1, -0.05) is 37.3 Å². The first-order valence-electron chi connectivity index (χ1n) is 8.17. The lowest BCUT2D eigenvalue weighted by Gasteiger charge is -2.29. The van der Waals surface area contributed by atoms with Gasteiger partial charge in [0.05, 0.1) is 12.2 Å². The van der Waals surface area contributed by atoms with E-state index >= 15 is 0 Å². The fraction of sp³-hybridized carbons (Fsp3) is 0.444. The van der Waals surface area contributed by atoms with E-state index in [1.54, 1.807) is 0 Å². The van der Waals surface area contributed by atoms with Crippen LogP contribution in [0.5, 0.6) is 0 Å². The molecule has 5 heteroatoms. The maximum atomic E-state index is 12.3. The summed E-state index contributed by atoms with van der Waals surface area (Å²) in [5.74, 6) is 0.718. The first-order valence-corrected chi connectivity index (χ1v) is 8.98. The molecule has 0 saturated carbocycles. The number of aromatic nitrogens is 1. The summed E-state index contributed by atoms with van der Waals surface area (Å²) in [4.78, 5) is 20.2. The molecule has 1 aliphatic heterocycles. The summed E-state index contributed by atoms with van der Waals surface area (Å²) in [7, 11) is 0. The molecule has 1 amide bonds. The highest BCUT2D eigenvalue weighted by Gasteiger charge is 2.19. The van der Waals surface area contributed by atoms with Crippen LogP contribution in [-0.4, -0.2) is 35.4 Å². The number of carbonyl (C=O) groups excluding carboxylic acids is 1. The Bertz CT molecular complexity index is 668. The zero-order chi connectivity index (χ0) is 16.2. The molecular weight excluding hydrogens is 306 g/mol. The third-order valence-electron chi connectivity index (χ3n) is 4.20. The third-order valence-corrected chi connectivity index (χ3v) is 5.08. The van der Waals surface area contributed by atoms with E-state index in [0.717, 1.165) is 29.2 Å². The minimum atomic E-state index is 0.0347. The van der Waals surface area contributed by atoms with Crippen LogP contribution in [0.4, 0.5) is 5.13 Å². The van der Waals surface area contributed by atoms with E-state index in [1.165, 1.54) is 24.2 Å². The monoisotopic (exact) mass is 329 g/mol. The average Bonchev–Trinajstić information content (AvgIpc) is 2.88. The van der Waals surface area contributed by atoms with Gasteiger partial charge in [-0.15, -0.1) is 11.3 Å². The molecule has 1 aromatic heterocycles. The number of likely N-dealkylation sites (tertiary alicyclic amines) is 1. The van der Waals surface area contributed by atoms with Gasteiger partial charge in [0, 0.05) is 17.0 Å². The molecule has 23 heavy (non-hydrogen) atoms. The summed E-state index contributed by atoms with van der Waals surface area (Å²) in [6, 6.07) is 10.1. The number of nitrogens with one attached hydrogen (secondary N) is 1. The summed E-state index contributed by atoms with van der Waals surface area (Å²) in [5.41, 5.74) is 2.05. The van der Waals surface area contributed by atoms with Crippen molar-refractivity contribution in [1.29, 1.82) is 0 Å². The van der Waals surface area contributed by atoms with E-state index in [-0.39, 0.29) is 5.91 Å². The van der Waals surface area contributed by atoms with E-state index in [4.69, 9.17) is 0 Å². The number of hydrogen-bond donors (Lipinski definition) is 1. The molecule has 0 radical (unpaired) electrons. The van der Waals surface area contributed by atoms with Gasteiger partial charge in [-0.05, 0) is 32.2 Å². The van der Waals surface area contributed by atoms with Crippen LogP contribution in [0.3, 0.4) is 0 Å². The quantitative estimate of drug-likeness (QED) is 0.928. The van der Waals surface area contributed by atoms with E-state index in [1.807, 2.05) is 37.3 Å². The number of thiazole rings is 1. The van der Waals surface area contributed by atoms with Gasteiger partial charge in [0.1, 0.15) is 0 Å². The molecule has 2 heterocycles. The van der Waals surface area contributed by atoms with E-state index in [9.17, 15) is 4.79 Å². The maximum Gasteiger partial charge on any atom is 0.240 e. The lowest BCUT2D eigenvalue weighted by atomic mass is 10.0. The first-order chi connectivity index (χ1) is 11.1. The topological polar surface area (TPSA) is 45.2 Å². The smallest absolute Gasteiger partial charge is 0.240 e. The van der Waals surface area contributed by atoms with Crippen molar-refractivity contribution in [2.24, 2.45) is 5.92 Å². The number of nitrogens with zero attached hydrogens (tertiary/aromatic N) is 2. The number of piperidine rings is 1. The first kappa shape index (κ1) is 16.1. The van der Waals surface area contributed by atoms with Crippen LogP contribution in [0.2, 0.25) is 0 Å². The summed E-state index contributed by atoms with van der Waals surface area (Å²) in [5, 5.41) is 3.65. The fourth-order valence-electron chi connectivity index (χ4n) is 3.11. The molecule has 122 valence electrons. The number of amides is 1. The number of carbonyl (C=O) groups is 1. The van der Waals surface area contributed by atoms with Crippen LogP contribution in [0.15, 0.2) is 30.3 Å². The molecule has 3 rings (SSSR count). The van der Waals surface area contributed by atoms with Crippen molar-refractivity contribution in [2.75, 3.05) is 25.0 Å². The third kappa shape index (κ3) is 4.18. The Morgan fingerprint density at radius 3 is 2.91 bits per heavy atom. The Morgan fingerprint density at radius 2 is 2.17 bits per heavy atom. The van der Waals surface area contributed by atoms with Crippen molar-refractivity contribution < 1.29 is 4.79 Å². The van der Waals surface area contributed by atoms with Gasteiger partial charge in [-0.2, -0.15) is 0 Å². The Balaban J connectivity index is 1.63. The second kappa shape index (κ2) is 7.23. The molecular formula is C18H23N3OS. The number of anilines is 1. The zero-order valence-electron chi connectivity index (χ0n) is 13.7. The number of rotatable bonds is 4. The second-order valence-electron chi connectivity index (χ2n) is 6.32. The van der Waals surface area contributed by atoms with Crippen LogP contribution >= 0.6 is 11.3 Å². The Kier molecular flexibility index (Phi) is 5.08. The molecule has 1 N–H and O–H groups in total. The molecule has 1 aliphatic rings. The van der Waals surface area contributed by atoms with E-state index in [2.05, 4.69) is 22.1 Å². The molecule has 1 unspecified atom stereocenters. The molecule has 4 nitrogen and oxygen atoms in total. The molecule has 1 fully saturated rings. The van der Waals surface area contributed by atoms with Gasteiger partial charge < -0.3 is 5.32 Å². The van der Waals surface area contributed by atoms with Gasteiger partial charge in [-0.25, -0.2) is 4.98 Å². The van der Waals surface area contributed by atoms with Gasteiger partial charge in [0.15, 0.2) is 5.13 Å². The minimum absolute atomic E-state index is 0.0347. The van der Waals surface area contributed by atoms with Crippen LogP contribution in [0, 0.1) is 12.8 Å². The fourth-order valence-corrected chi connectivity index (χ4v) is 3.96. The van der Waals surface area contributed by atoms with Crippen LogP contribution in [-0.2, 0) is 4.79 Å². The largest absolute Gasteiger partial charge is 0.301 e. The summed E-state index contributed by atoms with van der Waals surface area (Å²) >= 11 is 1.54. The standard InChI is InChI=1S/C18H23N3OS/c1-13-7-6-10-21(11-13)12-16(22)19-18-20-17(14(2)23-18)15-8-4-3-5-9-15/h3-5,8-9,13H,6-7,10-12H2,1-2H3,(H,19,20,22). The molecule has 0 aliphatic carbocycles. The predicted molar refractivity (Wildman–Crippen MR) is 95.8 cm³/mol. The van der Waals surface area contributed by atoms with Crippen LogP contribution in [0.1, 0.15) is 24.6 Å². The van der Waals surface area contributed by atoms with Gasteiger partial charge >= 0.3 is 0 Å². The predicted octanol–water partition coefficient (Wildman–Crippen LogP) is 3.79. The lowest BCUT2D eigenvalue weighted by molar-refractivity contribution is -0.117. The minimum Gasteiger partial charge on any atom is -0.301 e. The summed E-state index contributed by atoms with van der Waals surface area (Å²) in [6.45, 7) is 6.79. The van der Waals surface area contributed by atoms with E-state index < -0.39 is 0 Å². The molecule has 2 aromatic rings. The molecule has 0 spiro atoms. The summed E-state index contributed by atoms with van der Waals surface area (Å²) < 4.78 is 0. The average molecular weight is 329 g/mol. The molecule has 1 saturated heterocycles. The number of benzene rings is 1. The van der Waals surface area contributed by atoms with Crippen LogP contribution in [0.25, 0.3) is 11.3 Å². The van der Waals surface area contributed by atoms with Crippen LogP contribution < -0.4 is 5.32 Å². The highest BCUT2D eigenvalue weighted by Crippen LogP contribution is 2.30. The maximum absolute atomic E-state index is 12.3. The summed E-state index contributed by atoms with van der Waals surface area (Å²) in [6.07, 6.45) is 2.45. The Hall–Kier alpha value is -1.72. The van der Waals surface area contributed by atoms with Crippen molar-refractivity contribution >= 4 is 22.4 Å². The Labute approximate surface area is 141 Å². The SMILES string of the molecule is Cc1sc(NC(=O)CN2CCCC(C)C2)nc1-c1ccccc1. The van der Waals surface area contributed by atoms with Crippen molar-refractivity contribution in [3.8, 4) is 11.3 Å². The lowest BCUT2D eigenvalue weighted by Crippen LogP contribution is -2.39. The van der Waals surface area contributed by atoms with Crippen molar-refractivity contribution in [3.63, 3.8) is 0 Å². The van der Waals surface area contributed by atoms with Gasteiger partial charge in [0.2, 0.25) is 5.91 Å². The normalized spacial score (nSPS) is 18.8. The van der Waals surface area contributed by atoms with Gasteiger partial charge in [0.25, 0.3) is 0 Å². The van der Waals surface area contributed by atoms with E-state index in [0.29, 0.717) is 17.6 Å². The zero-order valence-corrected chi connectivity index (χ0v) is 14.5. The highest BCUT2D eigenvalue weighted by atomic mass is 32.1. The van der Waals surface area contributed by atoms with Crippen molar-refractivity contribution in [3.05, 3.63) is 35.2 Å². The molecule has 1 atom stereocenters. The van der Waals surface area contributed by atoms with Crippen molar-refractivity contribution in [1.82, 2.24) is 9.88 Å². The highest BCUT2D eigenvalue weighted by molar-refractivity contribution is 7.16. The van der Waals surface area contributed by atoms with Gasteiger partial charge in [-0.3, -0.25) is 9.69 Å². The molecule has 1 aromatic carbocycles. The molecule has 0 bridgehead atoms. The second-order valence-corrected chi connectivity index (χ2v) is 7.52. The number of aryl methyl sites for hydroxylation is 1. The Morgan fingerprint density at radius 1 is 1.39 bits per heavy atom. The van der Waals surface area contributed by atoms with Crippen molar-refractivity contribution in [2.45, 2.75) is 26.7 Å². The number of hydrogen-bond acceptors (Lipinski definition) is 4.